The molecule has 4 aromatic rings. The second-order valence-corrected chi connectivity index (χ2v) is 10.5. The van der Waals surface area contributed by atoms with E-state index in [2.05, 4.69) is 25.1 Å². The number of benzene rings is 2. The first-order valence-corrected chi connectivity index (χ1v) is 13.7. The lowest BCUT2D eigenvalue weighted by atomic mass is 9.92. The number of aromatic nitrogens is 4. The van der Waals surface area contributed by atoms with E-state index in [4.69, 9.17) is 19.3 Å². The first-order valence-electron chi connectivity index (χ1n) is 12.2. The standard InChI is InChI=1S/C26H28N5O9P/c1-26(25(34)39-3,13-16-8-10-18(11-9-16)40-41(35,36)37)28-23(32)21-15-31(30-29-21)22(24(33)38-2)12-17-14-27-20-7-5-4-6-19(17)20/h4-11,14-15,22,27H,12-13H2,1-3H3,(H,28,32)(H2,35,36,37)/t22-,26+/m1/s1. The van der Waals surface area contributed by atoms with Crippen LogP contribution in [0.2, 0.25) is 0 Å². The Balaban J connectivity index is 1.53. The third-order valence-corrected chi connectivity index (χ3v) is 6.80. The molecule has 0 aliphatic carbocycles. The predicted octanol–water partition coefficient (Wildman–Crippen LogP) is 2.09. The number of ether oxygens (including phenoxy) is 2. The second kappa shape index (κ2) is 11.9. The maximum Gasteiger partial charge on any atom is 0.524 e. The van der Waals surface area contributed by atoms with E-state index in [-0.39, 0.29) is 24.3 Å². The number of hydrogen-bond acceptors (Lipinski definition) is 9. The zero-order valence-corrected chi connectivity index (χ0v) is 23.2. The molecule has 2 aromatic heterocycles. The highest BCUT2D eigenvalue weighted by atomic mass is 31.2. The van der Waals surface area contributed by atoms with E-state index in [1.165, 1.54) is 56.3 Å². The van der Waals surface area contributed by atoms with E-state index >= 15 is 0 Å². The molecule has 1 amide bonds. The molecule has 4 N–H and O–H groups in total. The molecule has 15 heteroatoms. The molecule has 4 rings (SSSR count). The maximum atomic E-state index is 13.2. The van der Waals surface area contributed by atoms with Gasteiger partial charge in [0.25, 0.3) is 5.91 Å². The number of amides is 1. The smallest absolute Gasteiger partial charge is 0.467 e. The number of aromatic amines is 1. The highest BCUT2D eigenvalue weighted by Crippen LogP contribution is 2.37. The molecular weight excluding hydrogens is 557 g/mol. The number of carbonyl (C=O) groups is 3. The molecule has 0 saturated heterocycles. The van der Waals surface area contributed by atoms with Gasteiger partial charge >= 0.3 is 19.8 Å². The van der Waals surface area contributed by atoms with Gasteiger partial charge in [0.05, 0.1) is 20.4 Å². The molecule has 2 atom stereocenters. The molecule has 0 aliphatic rings. The van der Waals surface area contributed by atoms with Crippen LogP contribution in [-0.4, -0.2) is 67.4 Å². The van der Waals surface area contributed by atoms with Crippen molar-refractivity contribution in [2.45, 2.75) is 31.3 Å². The Morgan fingerprint density at radius 2 is 1.80 bits per heavy atom. The van der Waals surface area contributed by atoms with Crippen LogP contribution in [0.1, 0.15) is 34.6 Å². The van der Waals surface area contributed by atoms with E-state index in [1.807, 2.05) is 24.3 Å². The zero-order chi connectivity index (χ0) is 29.8. The SMILES string of the molecule is COC(=O)[C@@H](Cc1c[nH]c2ccccc12)n1cc(C(=O)N[C@@](C)(Cc2ccc(OP(=O)(O)O)cc2)C(=O)OC)nn1. The first-order chi connectivity index (χ1) is 19.4. The monoisotopic (exact) mass is 585 g/mol. The maximum absolute atomic E-state index is 13.2. The van der Waals surface area contributed by atoms with Crippen molar-refractivity contribution in [1.29, 1.82) is 0 Å². The number of esters is 2. The predicted molar refractivity (Wildman–Crippen MR) is 144 cm³/mol. The summed E-state index contributed by atoms with van der Waals surface area (Å²) in [5.74, 6) is -2.16. The van der Waals surface area contributed by atoms with Gasteiger partial charge in [-0.25, -0.2) is 18.8 Å². The molecule has 0 fully saturated rings. The minimum atomic E-state index is -4.74. The molecule has 2 aromatic carbocycles. The van der Waals surface area contributed by atoms with Gasteiger partial charge < -0.3 is 24.3 Å². The van der Waals surface area contributed by atoms with Gasteiger partial charge in [-0.15, -0.1) is 5.10 Å². The van der Waals surface area contributed by atoms with Gasteiger partial charge in [0.1, 0.15) is 11.3 Å². The van der Waals surface area contributed by atoms with Crippen LogP contribution in [-0.2, 0) is 36.5 Å². The summed E-state index contributed by atoms with van der Waals surface area (Å²) in [7, 11) is -2.31. The Morgan fingerprint density at radius 3 is 2.46 bits per heavy atom. The van der Waals surface area contributed by atoms with E-state index in [0.29, 0.717) is 5.56 Å². The molecule has 0 saturated carbocycles. The van der Waals surface area contributed by atoms with Crippen LogP contribution in [0, 0.1) is 0 Å². The summed E-state index contributed by atoms with van der Waals surface area (Å²) in [6, 6.07) is 12.3. The molecule has 0 spiro atoms. The summed E-state index contributed by atoms with van der Waals surface area (Å²) in [5, 5.41) is 11.4. The fourth-order valence-corrected chi connectivity index (χ4v) is 4.78. The first kappa shape index (κ1) is 29.5. The number of methoxy groups -OCH3 is 2. The number of phosphoric acid groups is 1. The average molecular weight is 586 g/mol. The summed E-state index contributed by atoms with van der Waals surface area (Å²) >= 11 is 0. The van der Waals surface area contributed by atoms with Gasteiger partial charge in [-0.1, -0.05) is 35.5 Å². The molecule has 2 heterocycles. The van der Waals surface area contributed by atoms with Crippen LogP contribution in [0.5, 0.6) is 5.75 Å². The van der Waals surface area contributed by atoms with Gasteiger partial charge in [-0.2, -0.15) is 0 Å². The molecule has 216 valence electrons. The van der Waals surface area contributed by atoms with Crippen molar-refractivity contribution >= 4 is 36.6 Å². The van der Waals surface area contributed by atoms with Crippen LogP contribution in [0.25, 0.3) is 10.9 Å². The van der Waals surface area contributed by atoms with E-state index < -0.39 is 37.2 Å². The van der Waals surface area contributed by atoms with Crippen LogP contribution in [0.3, 0.4) is 0 Å². The summed E-state index contributed by atoms with van der Waals surface area (Å²) in [4.78, 5) is 59.7. The minimum absolute atomic E-state index is 0.0406. The summed E-state index contributed by atoms with van der Waals surface area (Å²) in [5.41, 5.74) is 0.555. The van der Waals surface area contributed by atoms with Gasteiger partial charge in [0.2, 0.25) is 0 Å². The number of nitrogens with one attached hydrogen (secondary N) is 2. The highest BCUT2D eigenvalue weighted by Gasteiger charge is 2.37. The number of carbonyl (C=O) groups excluding carboxylic acids is 3. The number of phosphoric ester groups is 1. The number of para-hydroxylation sites is 1. The normalized spacial score (nSPS) is 13.7. The molecule has 0 unspecified atom stereocenters. The molecule has 0 aliphatic heterocycles. The summed E-state index contributed by atoms with van der Waals surface area (Å²) in [6.07, 6.45) is 3.25. The van der Waals surface area contributed by atoms with Gasteiger partial charge in [-0.05, 0) is 36.2 Å². The number of nitrogens with zero attached hydrogens (tertiary/aromatic N) is 3. The van der Waals surface area contributed by atoms with Crippen LogP contribution >= 0.6 is 7.82 Å². The summed E-state index contributed by atoms with van der Waals surface area (Å²) in [6.45, 7) is 1.45. The minimum Gasteiger partial charge on any atom is -0.467 e. The fraction of sp³-hybridized carbons (Fsp3) is 0.269. The quantitative estimate of drug-likeness (QED) is 0.149. The van der Waals surface area contributed by atoms with E-state index in [9.17, 15) is 18.9 Å². The van der Waals surface area contributed by atoms with Crippen molar-refractivity contribution < 1.29 is 42.7 Å². The van der Waals surface area contributed by atoms with Crippen molar-refractivity contribution in [2.75, 3.05) is 14.2 Å². The Hall–Kier alpha value is -4.52. The van der Waals surface area contributed by atoms with Crippen molar-refractivity contribution in [1.82, 2.24) is 25.3 Å². The van der Waals surface area contributed by atoms with Crippen molar-refractivity contribution in [3.8, 4) is 5.75 Å². The van der Waals surface area contributed by atoms with Gasteiger partial charge in [0.15, 0.2) is 11.7 Å². The Morgan fingerprint density at radius 1 is 1.10 bits per heavy atom. The van der Waals surface area contributed by atoms with Crippen molar-refractivity contribution in [3.05, 3.63) is 77.7 Å². The lowest BCUT2D eigenvalue weighted by Crippen LogP contribution is -2.54. The topological polar surface area (TPSA) is 195 Å². The fourth-order valence-electron chi connectivity index (χ4n) is 4.38. The van der Waals surface area contributed by atoms with Gasteiger partial charge in [-0.3, -0.25) is 14.6 Å². The third-order valence-electron chi connectivity index (χ3n) is 6.35. The van der Waals surface area contributed by atoms with E-state index in [1.54, 1.807) is 6.20 Å². The van der Waals surface area contributed by atoms with Crippen LogP contribution in [0.4, 0.5) is 0 Å². The highest BCUT2D eigenvalue weighted by molar-refractivity contribution is 7.46. The van der Waals surface area contributed by atoms with Crippen molar-refractivity contribution in [2.24, 2.45) is 0 Å². The Labute approximate surface area is 233 Å². The van der Waals surface area contributed by atoms with Crippen LogP contribution < -0.4 is 9.84 Å². The van der Waals surface area contributed by atoms with Crippen molar-refractivity contribution in [3.63, 3.8) is 0 Å². The Kier molecular flexibility index (Phi) is 8.57. The number of rotatable bonds is 11. The molecule has 0 bridgehead atoms. The lowest BCUT2D eigenvalue weighted by Gasteiger charge is -2.27. The molecule has 41 heavy (non-hydrogen) atoms. The zero-order valence-electron chi connectivity index (χ0n) is 22.3. The van der Waals surface area contributed by atoms with Crippen LogP contribution in [0.15, 0.2) is 60.9 Å². The molecular formula is C26H28N5O9P. The third kappa shape index (κ3) is 6.98. The lowest BCUT2D eigenvalue weighted by molar-refractivity contribution is -0.147. The largest absolute Gasteiger partial charge is 0.524 e. The number of hydrogen-bond donors (Lipinski definition) is 4. The number of H-pyrrole nitrogens is 1. The van der Waals surface area contributed by atoms with Gasteiger partial charge in [0, 0.05) is 29.9 Å². The summed E-state index contributed by atoms with van der Waals surface area (Å²) < 4.78 is 26.7. The average Bonchev–Trinajstić information content (AvgIpc) is 3.59. The Bertz CT molecular complexity index is 1610. The van der Waals surface area contributed by atoms with E-state index in [0.717, 1.165) is 16.5 Å². The molecule has 0 radical (unpaired) electrons. The number of fused-ring (bicyclic) bond motifs is 1. The second-order valence-electron chi connectivity index (χ2n) is 9.37. The molecule has 14 nitrogen and oxygen atoms in total.